The van der Waals surface area contributed by atoms with Crippen molar-refractivity contribution in [2.45, 2.75) is 45.1 Å². The third-order valence-electron chi connectivity index (χ3n) is 5.63. The predicted octanol–water partition coefficient (Wildman–Crippen LogP) is 4.41. The molecule has 0 aliphatic carbocycles. The normalized spacial score (nSPS) is 12.1. The van der Waals surface area contributed by atoms with Crippen molar-refractivity contribution in [3.63, 3.8) is 0 Å². The molecule has 0 radical (unpaired) electrons. The zero-order chi connectivity index (χ0) is 27.8. The van der Waals surface area contributed by atoms with Crippen molar-refractivity contribution in [2.75, 3.05) is 46.1 Å². The van der Waals surface area contributed by atoms with Crippen LogP contribution >= 0.6 is 0 Å². The molecule has 0 spiro atoms. The number of alkyl halides is 2. The molecule has 2 aromatic rings. The molecule has 1 unspecified atom stereocenters. The topological polar surface area (TPSA) is 97.3 Å². The Morgan fingerprint density at radius 3 is 2.32 bits per heavy atom. The minimum atomic E-state index is -2.80. The zero-order valence-electron chi connectivity index (χ0n) is 22.0. The lowest BCUT2D eigenvalue weighted by molar-refractivity contribution is -0.149. The second-order valence-electron chi connectivity index (χ2n) is 8.87. The van der Waals surface area contributed by atoms with Crippen LogP contribution in [0.2, 0.25) is 0 Å². The number of benzene rings is 2. The van der Waals surface area contributed by atoms with Crippen LogP contribution in [0.5, 0.6) is 5.75 Å². The Morgan fingerprint density at radius 1 is 1.00 bits per heavy atom. The number of aliphatic carboxylic acids is 1. The Labute approximate surface area is 222 Å². The zero-order valence-corrected chi connectivity index (χ0v) is 22.0. The summed E-state index contributed by atoms with van der Waals surface area (Å²) in [5, 5.41) is 12.1. The van der Waals surface area contributed by atoms with Gasteiger partial charge >= 0.3 is 12.0 Å². The van der Waals surface area contributed by atoms with Crippen molar-refractivity contribution in [1.82, 2.24) is 10.2 Å². The van der Waals surface area contributed by atoms with E-state index in [2.05, 4.69) is 5.32 Å². The molecule has 8 nitrogen and oxygen atoms in total. The van der Waals surface area contributed by atoms with Crippen molar-refractivity contribution in [3.8, 4) is 5.75 Å². The molecule has 0 saturated carbocycles. The lowest BCUT2D eigenvalue weighted by Crippen LogP contribution is -2.44. The number of halogens is 2. The number of urea groups is 1. The summed E-state index contributed by atoms with van der Waals surface area (Å²) in [5.74, 6) is -3.24. The number of rotatable bonds is 18. The van der Waals surface area contributed by atoms with E-state index in [1.807, 2.05) is 30.3 Å². The van der Waals surface area contributed by atoms with Crippen LogP contribution < -0.4 is 10.1 Å². The van der Waals surface area contributed by atoms with Crippen molar-refractivity contribution in [2.24, 2.45) is 0 Å². The monoisotopic (exact) mass is 536 g/mol. The first-order valence-corrected chi connectivity index (χ1v) is 12.8. The summed E-state index contributed by atoms with van der Waals surface area (Å²) < 4.78 is 42.3. The number of amides is 2. The minimum absolute atomic E-state index is 0.0954. The first kappa shape index (κ1) is 31.0. The van der Waals surface area contributed by atoms with Crippen molar-refractivity contribution in [3.05, 3.63) is 65.7 Å². The second kappa shape index (κ2) is 16.6. The molecule has 0 bridgehead atoms. The molecule has 210 valence electrons. The largest absolute Gasteiger partial charge is 0.492 e. The maximum Gasteiger partial charge on any atom is 0.333 e. The second-order valence-corrected chi connectivity index (χ2v) is 8.87. The van der Waals surface area contributed by atoms with E-state index in [4.69, 9.17) is 14.2 Å². The van der Waals surface area contributed by atoms with Gasteiger partial charge in [-0.05, 0) is 43.5 Å². The summed E-state index contributed by atoms with van der Waals surface area (Å²) >= 11 is 0. The van der Waals surface area contributed by atoms with Gasteiger partial charge in [0, 0.05) is 32.5 Å². The molecular formula is C28H38F2N2O6. The molecule has 10 heteroatoms. The molecule has 2 amide bonds. The highest BCUT2D eigenvalue weighted by Crippen LogP contribution is 2.16. The number of hydrogen-bond donors (Lipinski definition) is 2. The quantitative estimate of drug-likeness (QED) is 0.274. The highest BCUT2D eigenvalue weighted by atomic mass is 19.3. The van der Waals surface area contributed by atoms with Crippen LogP contribution in [-0.2, 0) is 27.1 Å². The van der Waals surface area contributed by atoms with E-state index in [-0.39, 0.29) is 51.8 Å². The fourth-order valence-corrected chi connectivity index (χ4v) is 3.54. The molecule has 2 N–H and O–H groups in total. The van der Waals surface area contributed by atoms with Crippen LogP contribution in [0.15, 0.2) is 54.6 Å². The lowest BCUT2D eigenvalue weighted by atomic mass is 10.1. The molecule has 0 aliphatic rings. The number of carbonyl (C=O) groups excluding carboxylic acids is 1. The smallest absolute Gasteiger partial charge is 0.333 e. The predicted molar refractivity (Wildman–Crippen MR) is 140 cm³/mol. The van der Waals surface area contributed by atoms with E-state index < -0.39 is 18.0 Å². The number of ether oxygens (including phenoxy) is 3. The molecule has 0 fully saturated rings. The molecule has 1 atom stereocenters. The van der Waals surface area contributed by atoms with Gasteiger partial charge in [-0.3, -0.25) is 0 Å². The molecule has 38 heavy (non-hydrogen) atoms. The summed E-state index contributed by atoms with van der Waals surface area (Å²) in [4.78, 5) is 25.6. The standard InChI is InChI=1S/C28H38F2N2O6/c1-3-37-25(26(33)34)21-23-9-11-24(12-10-23)38-20-17-32(16-19-36-18-14-28(2,29)30)27(35)31-15-13-22-7-5-4-6-8-22/h4-12,25H,3,13-21H2,1-2H3,(H,31,35)(H,33,34). The summed E-state index contributed by atoms with van der Waals surface area (Å²) in [7, 11) is 0. The maximum absolute atomic E-state index is 13.0. The number of carboxylic acid groups (broad SMARTS) is 1. The van der Waals surface area contributed by atoms with E-state index in [1.165, 1.54) is 4.90 Å². The van der Waals surface area contributed by atoms with Gasteiger partial charge in [0.1, 0.15) is 12.4 Å². The Bertz CT molecular complexity index is 954. The van der Waals surface area contributed by atoms with Crippen LogP contribution in [-0.4, -0.2) is 80.1 Å². The highest BCUT2D eigenvalue weighted by molar-refractivity contribution is 5.74. The maximum atomic E-state index is 13.0. The van der Waals surface area contributed by atoms with Crippen LogP contribution in [0, 0.1) is 0 Å². The van der Waals surface area contributed by atoms with Crippen molar-refractivity contribution >= 4 is 12.0 Å². The average Bonchev–Trinajstić information content (AvgIpc) is 2.88. The van der Waals surface area contributed by atoms with E-state index in [9.17, 15) is 23.5 Å². The summed E-state index contributed by atoms with van der Waals surface area (Å²) in [6, 6.07) is 16.5. The molecule has 0 aromatic heterocycles. The Hall–Kier alpha value is -3.24. The Kier molecular flexibility index (Phi) is 13.5. The number of carbonyl (C=O) groups is 2. The first-order valence-electron chi connectivity index (χ1n) is 12.8. The Balaban J connectivity index is 1.85. The molecule has 0 heterocycles. The molecule has 2 aromatic carbocycles. The van der Waals surface area contributed by atoms with Gasteiger partial charge in [0.25, 0.3) is 0 Å². The summed E-state index contributed by atoms with van der Waals surface area (Å²) in [5.41, 5.74) is 1.90. The third-order valence-corrected chi connectivity index (χ3v) is 5.63. The lowest BCUT2D eigenvalue weighted by Gasteiger charge is -2.23. The van der Waals surface area contributed by atoms with Crippen LogP contribution in [0.25, 0.3) is 0 Å². The van der Waals surface area contributed by atoms with Gasteiger partial charge in [-0.2, -0.15) is 0 Å². The Morgan fingerprint density at radius 2 is 1.68 bits per heavy atom. The van der Waals surface area contributed by atoms with Crippen LogP contribution in [0.1, 0.15) is 31.4 Å². The van der Waals surface area contributed by atoms with Crippen LogP contribution in [0.3, 0.4) is 0 Å². The van der Waals surface area contributed by atoms with E-state index in [0.29, 0.717) is 25.3 Å². The third kappa shape index (κ3) is 12.8. The van der Waals surface area contributed by atoms with E-state index in [1.54, 1.807) is 31.2 Å². The van der Waals surface area contributed by atoms with E-state index >= 15 is 0 Å². The number of nitrogens with zero attached hydrogens (tertiary/aromatic N) is 1. The highest BCUT2D eigenvalue weighted by Gasteiger charge is 2.21. The van der Waals surface area contributed by atoms with Crippen molar-refractivity contribution in [1.29, 1.82) is 0 Å². The minimum Gasteiger partial charge on any atom is -0.492 e. The number of nitrogens with one attached hydrogen (secondary N) is 1. The molecule has 0 saturated heterocycles. The van der Waals surface area contributed by atoms with Gasteiger partial charge in [-0.25, -0.2) is 18.4 Å². The molecule has 2 rings (SSSR count). The van der Waals surface area contributed by atoms with Crippen molar-refractivity contribution < 1.29 is 37.7 Å². The van der Waals surface area contributed by atoms with Gasteiger partial charge in [0.2, 0.25) is 5.92 Å². The fraction of sp³-hybridized carbons (Fsp3) is 0.500. The van der Waals surface area contributed by atoms with Gasteiger partial charge in [-0.15, -0.1) is 0 Å². The van der Waals surface area contributed by atoms with Crippen LogP contribution in [0.4, 0.5) is 13.6 Å². The number of hydrogen-bond acceptors (Lipinski definition) is 5. The fourth-order valence-electron chi connectivity index (χ4n) is 3.54. The summed E-state index contributed by atoms with van der Waals surface area (Å²) in [6.07, 6.45) is -0.374. The first-order chi connectivity index (χ1) is 18.2. The number of carboxylic acids is 1. The van der Waals surface area contributed by atoms with E-state index in [0.717, 1.165) is 18.1 Å². The van der Waals surface area contributed by atoms with Gasteiger partial charge in [0.15, 0.2) is 6.10 Å². The van der Waals surface area contributed by atoms with Gasteiger partial charge < -0.3 is 29.5 Å². The van der Waals surface area contributed by atoms with Gasteiger partial charge in [-0.1, -0.05) is 42.5 Å². The summed E-state index contributed by atoms with van der Waals surface area (Å²) in [6.45, 7) is 4.07. The average molecular weight is 537 g/mol. The molecular weight excluding hydrogens is 498 g/mol. The van der Waals surface area contributed by atoms with Gasteiger partial charge in [0.05, 0.1) is 19.8 Å². The SMILES string of the molecule is CCOC(Cc1ccc(OCCN(CCOCCC(C)(F)F)C(=O)NCCc2ccccc2)cc1)C(=O)O. The molecule has 0 aliphatic heterocycles.